The quantitative estimate of drug-likeness (QED) is 0.759. The van der Waals surface area contributed by atoms with Crippen LogP contribution in [0.3, 0.4) is 0 Å². The Labute approximate surface area is 85.9 Å². The highest BCUT2D eigenvalue weighted by molar-refractivity contribution is 5.02. The molecule has 0 fully saturated rings. The lowest BCUT2D eigenvalue weighted by molar-refractivity contribution is 0.385. The molecule has 0 aliphatic rings. The second kappa shape index (κ2) is 5.81. The van der Waals surface area contributed by atoms with Gasteiger partial charge in [0.15, 0.2) is 0 Å². The van der Waals surface area contributed by atoms with Crippen LogP contribution in [0.25, 0.3) is 0 Å². The molecule has 0 radical (unpaired) electrons. The predicted octanol–water partition coefficient (Wildman–Crippen LogP) is 2.51. The van der Waals surface area contributed by atoms with Crippen LogP contribution in [0.2, 0.25) is 0 Å². The lowest BCUT2D eigenvalue weighted by Crippen LogP contribution is -2.20. The molecular weight excluding hydrogens is 176 g/mol. The summed E-state index contributed by atoms with van der Waals surface area (Å²) in [5, 5.41) is 7.30. The van der Waals surface area contributed by atoms with Crippen molar-refractivity contribution in [2.45, 2.75) is 40.2 Å². The Kier molecular flexibility index (Phi) is 4.66. The van der Waals surface area contributed by atoms with Crippen LogP contribution in [0.15, 0.2) is 10.6 Å². The van der Waals surface area contributed by atoms with E-state index in [4.69, 9.17) is 4.52 Å². The Hall–Kier alpha value is -0.830. The summed E-state index contributed by atoms with van der Waals surface area (Å²) < 4.78 is 4.98. The van der Waals surface area contributed by atoms with E-state index in [1.54, 1.807) is 0 Å². The van der Waals surface area contributed by atoms with Crippen LogP contribution < -0.4 is 5.32 Å². The van der Waals surface area contributed by atoms with E-state index in [-0.39, 0.29) is 0 Å². The first-order chi connectivity index (χ1) is 6.72. The van der Waals surface area contributed by atoms with Crippen molar-refractivity contribution in [1.82, 2.24) is 10.5 Å². The zero-order valence-corrected chi connectivity index (χ0v) is 9.34. The van der Waals surface area contributed by atoms with Gasteiger partial charge in [-0.25, -0.2) is 0 Å². The van der Waals surface area contributed by atoms with Crippen molar-refractivity contribution < 1.29 is 4.52 Å². The molecular formula is C11H20N2O. The summed E-state index contributed by atoms with van der Waals surface area (Å²) in [7, 11) is 0. The molecule has 1 N–H and O–H groups in total. The summed E-state index contributed by atoms with van der Waals surface area (Å²) >= 11 is 0. The molecule has 3 nitrogen and oxygen atoms in total. The number of nitrogens with one attached hydrogen (secondary N) is 1. The summed E-state index contributed by atoms with van der Waals surface area (Å²) in [6, 6.07) is 1.97. The fourth-order valence-corrected chi connectivity index (χ4v) is 1.54. The van der Waals surface area contributed by atoms with E-state index < -0.39 is 0 Å². The van der Waals surface area contributed by atoms with E-state index in [0.717, 1.165) is 30.5 Å². The summed E-state index contributed by atoms with van der Waals surface area (Å²) in [5.41, 5.74) is 0.992. The molecule has 0 aliphatic carbocycles. The Bertz CT molecular complexity index is 258. The van der Waals surface area contributed by atoms with E-state index in [1.807, 2.05) is 13.0 Å². The van der Waals surface area contributed by atoms with Gasteiger partial charge in [0, 0.05) is 12.6 Å². The monoisotopic (exact) mass is 196 g/mol. The molecule has 1 atom stereocenters. The lowest BCUT2D eigenvalue weighted by atomic mass is 10.1. The number of aryl methyl sites for hydroxylation is 1. The molecule has 1 aromatic rings. The van der Waals surface area contributed by atoms with Crippen LogP contribution in [0.5, 0.6) is 0 Å². The van der Waals surface area contributed by atoms with Gasteiger partial charge in [-0.05, 0) is 25.8 Å². The van der Waals surface area contributed by atoms with Crippen LogP contribution in [0.1, 0.15) is 38.1 Å². The number of hydrogen-bond donors (Lipinski definition) is 1. The van der Waals surface area contributed by atoms with Crippen molar-refractivity contribution in [2.75, 3.05) is 6.54 Å². The molecule has 80 valence electrons. The second-order valence-corrected chi connectivity index (χ2v) is 3.95. The number of hydrogen-bond acceptors (Lipinski definition) is 3. The summed E-state index contributed by atoms with van der Waals surface area (Å²) in [6.07, 6.45) is 2.54. The molecule has 1 unspecified atom stereocenters. The van der Waals surface area contributed by atoms with Gasteiger partial charge in [0.2, 0.25) is 0 Å². The first-order valence-corrected chi connectivity index (χ1v) is 5.35. The minimum Gasteiger partial charge on any atom is -0.361 e. The molecule has 0 aromatic carbocycles. The van der Waals surface area contributed by atoms with Crippen LogP contribution in [0.4, 0.5) is 0 Å². The third-order valence-electron chi connectivity index (χ3n) is 2.26. The molecule has 0 saturated carbocycles. The van der Waals surface area contributed by atoms with E-state index in [0.29, 0.717) is 0 Å². The Morgan fingerprint density at radius 3 is 2.93 bits per heavy atom. The molecule has 0 saturated heterocycles. The van der Waals surface area contributed by atoms with Gasteiger partial charge in [0.25, 0.3) is 0 Å². The smallest absolute Gasteiger partial charge is 0.133 e. The van der Waals surface area contributed by atoms with Crippen LogP contribution in [-0.2, 0) is 6.54 Å². The normalized spacial score (nSPS) is 13.1. The molecule has 1 rings (SSSR count). The van der Waals surface area contributed by atoms with Gasteiger partial charge in [-0.15, -0.1) is 0 Å². The highest BCUT2D eigenvalue weighted by Crippen LogP contribution is 2.04. The van der Waals surface area contributed by atoms with Gasteiger partial charge in [0.1, 0.15) is 5.76 Å². The van der Waals surface area contributed by atoms with Crippen molar-refractivity contribution in [3.8, 4) is 0 Å². The molecule has 14 heavy (non-hydrogen) atoms. The maximum absolute atomic E-state index is 4.98. The SMILES string of the molecule is CCCC(C)CNCc1cc(C)on1. The van der Waals surface area contributed by atoms with Crippen molar-refractivity contribution in [2.24, 2.45) is 5.92 Å². The van der Waals surface area contributed by atoms with E-state index in [9.17, 15) is 0 Å². The highest BCUT2D eigenvalue weighted by Gasteiger charge is 2.02. The van der Waals surface area contributed by atoms with Crippen molar-refractivity contribution >= 4 is 0 Å². The Morgan fingerprint density at radius 2 is 2.36 bits per heavy atom. The molecule has 0 amide bonds. The maximum atomic E-state index is 4.98. The molecule has 0 bridgehead atoms. The first-order valence-electron chi connectivity index (χ1n) is 5.35. The van der Waals surface area contributed by atoms with Gasteiger partial charge in [0.05, 0.1) is 5.69 Å². The molecule has 0 aliphatic heterocycles. The Morgan fingerprint density at radius 1 is 1.57 bits per heavy atom. The van der Waals surface area contributed by atoms with Gasteiger partial charge in [-0.2, -0.15) is 0 Å². The summed E-state index contributed by atoms with van der Waals surface area (Å²) in [6.45, 7) is 8.27. The molecule has 0 spiro atoms. The second-order valence-electron chi connectivity index (χ2n) is 3.95. The topological polar surface area (TPSA) is 38.1 Å². The van der Waals surface area contributed by atoms with Gasteiger partial charge in [-0.1, -0.05) is 25.4 Å². The van der Waals surface area contributed by atoms with Crippen LogP contribution >= 0.6 is 0 Å². The fraction of sp³-hybridized carbons (Fsp3) is 0.727. The van der Waals surface area contributed by atoms with Crippen molar-refractivity contribution in [1.29, 1.82) is 0 Å². The van der Waals surface area contributed by atoms with Crippen LogP contribution in [0, 0.1) is 12.8 Å². The van der Waals surface area contributed by atoms with E-state index >= 15 is 0 Å². The Balaban J connectivity index is 2.15. The minimum absolute atomic E-state index is 0.744. The van der Waals surface area contributed by atoms with Crippen molar-refractivity contribution in [3.05, 3.63) is 17.5 Å². The van der Waals surface area contributed by atoms with Gasteiger partial charge >= 0.3 is 0 Å². The number of nitrogens with zero attached hydrogens (tertiary/aromatic N) is 1. The summed E-state index contributed by atoms with van der Waals surface area (Å²) in [5.74, 6) is 1.62. The van der Waals surface area contributed by atoms with E-state index in [1.165, 1.54) is 12.8 Å². The third-order valence-corrected chi connectivity index (χ3v) is 2.26. The predicted molar refractivity (Wildman–Crippen MR) is 57.0 cm³/mol. The zero-order valence-electron chi connectivity index (χ0n) is 9.34. The average molecular weight is 196 g/mol. The molecule has 3 heteroatoms. The van der Waals surface area contributed by atoms with Crippen molar-refractivity contribution in [3.63, 3.8) is 0 Å². The number of rotatable bonds is 6. The fourth-order valence-electron chi connectivity index (χ4n) is 1.54. The van der Waals surface area contributed by atoms with Gasteiger partial charge < -0.3 is 9.84 Å². The zero-order chi connectivity index (χ0) is 10.4. The number of aromatic nitrogens is 1. The molecule has 1 heterocycles. The highest BCUT2D eigenvalue weighted by atomic mass is 16.5. The minimum atomic E-state index is 0.744. The standard InChI is InChI=1S/C11H20N2O/c1-4-5-9(2)7-12-8-11-6-10(3)14-13-11/h6,9,12H,4-5,7-8H2,1-3H3. The van der Waals surface area contributed by atoms with Gasteiger partial charge in [-0.3, -0.25) is 0 Å². The van der Waals surface area contributed by atoms with E-state index in [2.05, 4.69) is 24.3 Å². The maximum Gasteiger partial charge on any atom is 0.133 e. The largest absolute Gasteiger partial charge is 0.361 e. The molecule has 1 aromatic heterocycles. The lowest BCUT2D eigenvalue weighted by Gasteiger charge is -2.09. The third kappa shape index (κ3) is 3.92. The summed E-state index contributed by atoms with van der Waals surface area (Å²) in [4.78, 5) is 0. The first kappa shape index (κ1) is 11.2. The van der Waals surface area contributed by atoms with Crippen LogP contribution in [-0.4, -0.2) is 11.7 Å². The average Bonchev–Trinajstić information content (AvgIpc) is 2.52.